The molecule has 0 fully saturated rings. The Bertz CT molecular complexity index is 708. The number of hydrogen-bond donors (Lipinski definition) is 1. The lowest BCUT2D eigenvalue weighted by molar-refractivity contribution is 0.0940. The number of aromatic nitrogens is 1. The van der Waals surface area contributed by atoms with Gasteiger partial charge in [-0.3, -0.25) is 9.59 Å². The van der Waals surface area contributed by atoms with Gasteiger partial charge in [-0.2, -0.15) is 0 Å². The minimum atomic E-state index is -0.232. The van der Waals surface area contributed by atoms with E-state index < -0.39 is 0 Å². The molecule has 0 aliphatic heterocycles. The molecule has 0 bridgehead atoms. The van der Waals surface area contributed by atoms with Gasteiger partial charge in [0.25, 0.3) is 11.5 Å². The van der Waals surface area contributed by atoms with E-state index in [0.717, 1.165) is 6.54 Å². The standard InChI is InChI=1S/C18H23N3O2/c1-20(2)13-15(14-8-5-4-6-9-14)12-19-18(23)16-10-7-11-17(22)21(16)3/h4-11,15H,12-13H2,1-3H3,(H,19,23)/t15-/m1/s1. The predicted octanol–water partition coefficient (Wildman–Crippen LogP) is 1.46. The molecule has 1 atom stereocenters. The highest BCUT2D eigenvalue weighted by molar-refractivity contribution is 5.92. The number of amides is 1. The Morgan fingerprint density at radius 3 is 2.48 bits per heavy atom. The monoisotopic (exact) mass is 313 g/mol. The van der Waals surface area contributed by atoms with Gasteiger partial charge in [0, 0.05) is 32.1 Å². The van der Waals surface area contributed by atoms with Crippen LogP contribution in [0.2, 0.25) is 0 Å². The first-order valence-corrected chi connectivity index (χ1v) is 7.63. The van der Waals surface area contributed by atoms with Crippen molar-refractivity contribution < 1.29 is 4.79 Å². The highest BCUT2D eigenvalue weighted by atomic mass is 16.2. The predicted molar refractivity (Wildman–Crippen MR) is 91.8 cm³/mol. The van der Waals surface area contributed by atoms with Crippen LogP contribution in [-0.2, 0) is 7.05 Å². The van der Waals surface area contributed by atoms with Crippen molar-refractivity contribution in [2.75, 3.05) is 27.2 Å². The molecular formula is C18H23N3O2. The highest BCUT2D eigenvalue weighted by Gasteiger charge is 2.16. The molecule has 5 nitrogen and oxygen atoms in total. The zero-order valence-corrected chi connectivity index (χ0v) is 13.8. The number of hydrogen-bond acceptors (Lipinski definition) is 3. The lowest BCUT2D eigenvalue weighted by atomic mass is 9.98. The molecule has 0 spiro atoms. The van der Waals surface area contributed by atoms with Crippen LogP contribution in [0.4, 0.5) is 0 Å². The molecule has 2 rings (SSSR count). The third-order valence-corrected chi connectivity index (χ3v) is 3.78. The van der Waals surface area contributed by atoms with Crippen molar-refractivity contribution in [2.24, 2.45) is 7.05 Å². The van der Waals surface area contributed by atoms with E-state index in [1.54, 1.807) is 19.2 Å². The lowest BCUT2D eigenvalue weighted by Gasteiger charge is -2.22. The van der Waals surface area contributed by atoms with Crippen molar-refractivity contribution in [2.45, 2.75) is 5.92 Å². The minimum Gasteiger partial charge on any atom is -0.350 e. The molecule has 0 aliphatic carbocycles. The molecule has 1 N–H and O–H groups in total. The van der Waals surface area contributed by atoms with Crippen molar-refractivity contribution in [1.29, 1.82) is 0 Å². The van der Waals surface area contributed by atoms with Crippen molar-refractivity contribution in [3.05, 3.63) is 70.1 Å². The van der Waals surface area contributed by atoms with E-state index in [2.05, 4.69) is 22.3 Å². The molecule has 122 valence electrons. The smallest absolute Gasteiger partial charge is 0.268 e. The Balaban J connectivity index is 2.10. The fraction of sp³-hybridized carbons (Fsp3) is 0.333. The Morgan fingerprint density at radius 2 is 1.83 bits per heavy atom. The maximum atomic E-state index is 12.4. The number of benzene rings is 1. The summed E-state index contributed by atoms with van der Waals surface area (Å²) in [5.74, 6) is -0.0409. The summed E-state index contributed by atoms with van der Waals surface area (Å²) >= 11 is 0. The minimum absolute atomic E-state index is 0.189. The van der Waals surface area contributed by atoms with E-state index in [4.69, 9.17) is 0 Å². The summed E-state index contributed by atoms with van der Waals surface area (Å²) in [5, 5.41) is 2.95. The first kappa shape index (κ1) is 17.0. The normalized spacial score (nSPS) is 12.2. The summed E-state index contributed by atoms with van der Waals surface area (Å²) in [6, 6.07) is 14.8. The van der Waals surface area contributed by atoms with E-state index in [1.165, 1.54) is 16.2 Å². The van der Waals surface area contributed by atoms with Crippen LogP contribution in [0.25, 0.3) is 0 Å². The topological polar surface area (TPSA) is 54.3 Å². The number of rotatable bonds is 6. The second kappa shape index (κ2) is 7.74. The number of carbonyl (C=O) groups excluding carboxylic acids is 1. The van der Waals surface area contributed by atoms with E-state index in [-0.39, 0.29) is 17.4 Å². The van der Waals surface area contributed by atoms with Gasteiger partial charge in [-0.25, -0.2) is 0 Å². The number of likely N-dealkylation sites (N-methyl/N-ethyl adjacent to an activating group) is 1. The summed E-state index contributed by atoms with van der Waals surface area (Å²) in [7, 11) is 5.63. The lowest BCUT2D eigenvalue weighted by Crippen LogP contribution is -2.35. The van der Waals surface area contributed by atoms with Crippen LogP contribution in [-0.4, -0.2) is 42.6 Å². The van der Waals surface area contributed by atoms with Gasteiger partial charge < -0.3 is 14.8 Å². The van der Waals surface area contributed by atoms with Crippen LogP contribution in [0.15, 0.2) is 53.3 Å². The van der Waals surface area contributed by atoms with Gasteiger partial charge in [0.05, 0.1) is 0 Å². The average molecular weight is 313 g/mol. The number of pyridine rings is 1. The summed E-state index contributed by atoms with van der Waals surface area (Å²) in [5.41, 5.74) is 1.36. The second-order valence-electron chi connectivity index (χ2n) is 5.89. The van der Waals surface area contributed by atoms with Gasteiger partial charge in [0.1, 0.15) is 5.69 Å². The first-order chi connectivity index (χ1) is 11.0. The molecule has 1 amide bonds. The molecule has 23 heavy (non-hydrogen) atoms. The van der Waals surface area contributed by atoms with Gasteiger partial charge >= 0.3 is 0 Å². The van der Waals surface area contributed by atoms with Crippen LogP contribution in [0.3, 0.4) is 0 Å². The molecule has 1 heterocycles. The summed E-state index contributed by atoms with van der Waals surface area (Å²) in [4.78, 5) is 26.1. The number of carbonyl (C=O) groups is 1. The number of nitrogens with zero attached hydrogens (tertiary/aromatic N) is 2. The van der Waals surface area contributed by atoms with Crippen molar-refractivity contribution in [3.63, 3.8) is 0 Å². The van der Waals surface area contributed by atoms with Crippen LogP contribution in [0.1, 0.15) is 22.0 Å². The van der Waals surface area contributed by atoms with Crippen LogP contribution >= 0.6 is 0 Å². The van der Waals surface area contributed by atoms with Gasteiger partial charge in [-0.05, 0) is 25.7 Å². The Hall–Kier alpha value is -2.40. The Labute approximate surface area is 136 Å². The molecule has 2 aromatic rings. The maximum absolute atomic E-state index is 12.4. The molecule has 0 aliphatic rings. The van der Waals surface area contributed by atoms with E-state index >= 15 is 0 Å². The summed E-state index contributed by atoms with van der Waals surface area (Å²) in [6.07, 6.45) is 0. The van der Waals surface area contributed by atoms with Crippen molar-refractivity contribution in [1.82, 2.24) is 14.8 Å². The van der Waals surface area contributed by atoms with Crippen LogP contribution in [0, 0.1) is 0 Å². The van der Waals surface area contributed by atoms with Crippen LogP contribution < -0.4 is 10.9 Å². The van der Waals surface area contributed by atoms with Gasteiger partial charge in [-0.1, -0.05) is 36.4 Å². The largest absolute Gasteiger partial charge is 0.350 e. The summed E-state index contributed by atoms with van der Waals surface area (Å²) in [6.45, 7) is 1.35. The highest BCUT2D eigenvalue weighted by Crippen LogP contribution is 2.15. The third-order valence-electron chi connectivity index (χ3n) is 3.78. The number of nitrogens with one attached hydrogen (secondary N) is 1. The fourth-order valence-corrected chi connectivity index (χ4v) is 2.55. The molecule has 0 saturated carbocycles. The first-order valence-electron chi connectivity index (χ1n) is 7.63. The van der Waals surface area contributed by atoms with Gasteiger partial charge in [-0.15, -0.1) is 0 Å². The van der Waals surface area contributed by atoms with Crippen molar-refractivity contribution >= 4 is 5.91 Å². The van der Waals surface area contributed by atoms with Crippen LogP contribution in [0.5, 0.6) is 0 Å². The average Bonchev–Trinajstić information content (AvgIpc) is 2.54. The molecule has 0 radical (unpaired) electrons. The quantitative estimate of drug-likeness (QED) is 0.878. The van der Waals surface area contributed by atoms with Crippen molar-refractivity contribution in [3.8, 4) is 0 Å². The molecule has 0 unspecified atom stereocenters. The van der Waals surface area contributed by atoms with E-state index in [0.29, 0.717) is 12.2 Å². The molecule has 0 saturated heterocycles. The molecule has 5 heteroatoms. The van der Waals surface area contributed by atoms with E-state index in [9.17, 15) is 9.59 Å². The SMILES string of the molecule is CN(C)C[C@@H](CNC(=O)c1cccc(=O)n1C)c1ccccc1. The Kier molecular flexibility index (Phi) is 5.71. The zero-order chi connectivity index (χ0) is 16.8. The Morgan fingerprint density at radius 1 is 1.13 bits per heavy atom. The maximum Gasteiger partial charge on any atom is 0.268 e. The molecular weight excluding hydrogens is 290 g/mol. The van der Waals surface area contributed by atoms with E-state index in [1.807, 2.05) is 32.3 Å². The molecule has 1 aromatic carbocycles. The third kappa shape index (κ3) is 4.53. The zero-order valence-electron chi connectivity index (χ0n) is 13.8. The second-order valence-corrected chi connectivity index (χ2v) is 5.89. The van der Waals surface area contributed by atoms with Gasteiger partial charge in [0.2, 0.25) is 0 Å². The fourth-order valence-electron chi connectivity index (χ4n) is 2.55. The molecule has 1 aromatic heterocycles. The summed E-state index contributed by atoms with van der Waals surface area (Å²) < 4.78 is 1.36. The van der Waals surface area contributed by atoms with Gasteiger partial charge in [0.15, 0.2) is 0 Å².